The third kappa shape index (κ3) is 4.83. The topological polar surface area (TPSA) is 95.9 Å². The van der Waals surface area contributed by atoms with Crippen molar-refractivity contribution in [3.63, 3.8) is 0 Å². The SMILES string of the molecule is C=CCC(NC(=O)OCC1c2ccccc2-c2ccccc21)C(=O)N1CC(C)CC(C(=O)O)C1. The van der Waals surface area contributed by atoms with Gasteiger partial charge in [-0.3, -0.25) is 9.59 Å². The number of carboxylic acids is 1. The molecule has 34 heavy (non-hydrogen) atoms. The maximum Gasteiger partial charge on any atom is 0.407 e. The predicted molar refractivity (Wildman–Crippen MR) is 128 cm³/mol. The number of hydrogen-bond acceptors (Lipinski definition) is 4. The van der Waals surface area contributed by atoms with Gasteiger partial charge in [-0.25, -0.2) is 4.79 Å². The Morgan fingerprint density at radius 1 is 1.12 bits per heavy atom. The molecule has 1 saturated heterocycles. The molecule has 2 aromatic carbocycles. The van der Waals surface area contributed by atoms with E-state index < -0.39 is 24.0 Å². The first kappa shape index (κ1) is 23.5. The number of carbonyl (C=O) groups is 3. The highest BCUT2D eigenvalue weighted by Crippen LogP contribution is 2.44. The lowest BCUT2D eigenvalue weighted by atomic mass is 9.90. The van der Waals surface area contributed by atoms with Gasteiger partial charge in [0.15, 0.2) is 0 Å². The monoisotopic (exact) mass is 462 g/mol. The Balaban J connectivity index is 1.41. The van der Waals surface area contributed by atoms with Crippen LogP contribution in [0.3, 0.4) is 0 Å². The number of carbonyl (C=O) groups excluding carboxylic acids is 2. The molecule has 0 aromatic heterocycles. The molecule has 1 heterocycles. The minimum absolute atomic E-state index is 0.0673. The smallest absolute Gasteiger partial charge is 0.407 e. The van der Waals surface area contributed by atoms with Crippen LogP contribution in [-0.2, 0) is 14.3 Å². The van der Waals surface area contributed by atoms with Gasteiger partial charge in [0.05, 0.1) is 5.92 Å². The molecule has 4 rings (SSSR count). The summed E-state index contributed by atoms with van der Waals surface area (Å²) in [6.45, 7) is 6.37. The van der Waals surface area contributed by atoms with Crippen molar-refractivity contribution in [2.45, 2.75) is 31.7 Å². The van der Waals surface area contributed by atoms with E-state index in [-0.39, 0.29) is 37.3 Å². The number of nitrogens with one attached hydrogen (secondary N) is 1. The first-order chi connectivity index (χ1) is 16.4. The summed E-state index contributed by atoms with van der Waals surface area (Å²) >= 11 is 0. The van der Waals surface area contributed by atoms with Gasteiger partial charge >= 0.3 is 12.1 Å². The van der Waals surface area contributed by atoms with E-state index in [1.54, 1.807) is 6.08 Å². The van der Waals surface area contributed by atoms with E-state index in [1.807, 2.05) is 43.3 Å². The normalized spacial score (nSPS) is 20.1. The minimum Gasteiger partial charge on any atom is -0.481 e. The first-order valence-corrected chi connectivity index (χ1v) is 11.6. The van der Waals surface area contributed by atoms with Gasteiger partial charge in [0, 0.05) is 19.0 Å². The van der Waals surface area contributed by atoms with Gasteiger partial charge in [0.25, 0.3) is 0 Å². The van der Waals surface area contributed by atoms with Crippen LogP contribution in [0.5, 0.6) is 0 Å². The summed E-state index contributed by atoms with van der Waals surface area (Å²) in [5.41, 5.74) is 4.49. The standard InChI is InChI=1S/C27H30N2O5/c1-3-8-24(25(30)29-14-17(2)13-18(15-29)26(31)32)28-27(33)34-16-23-21-11-6-4-9-19(21)20-10-5-7-12-22(20)23/h3-7,9-12,17-18,23-24H,1,8,13-16H2,2H3,(H,28,33)(H,31,32). The van der Waals surface area contributed by atoms with Crippen molar-refractivity contribution in [2.75, 3.05) is 19.7 Å². The molecule has 3 atom stereocenters. The molecule has 178 valence electrons. The second-order valence-corrected chi connectivity index (χ2v) is 9.17. The van der Waals surface area contributed by atoms with Crippen LogP contribution in [0.25, 0.3) is 11.1 Å². The van der Waals surface area contributed by atoms with Crippen LogP contribution in [-0.4, -0.2) is 53.7 Å². The Morgan fingerprint density at radius 2 is 1.74 bits per heavy atom. The highest BCUT2D eigenvalue weighted by Gasteiger charge is 2.35. The van der Waals surface area contributed by atoms with Crippen molar-refractivity contribution in [1.82, 2.24) is 10.2 Å². The Bertz CT molecular complexity index is 1050. The lowest BCUT2D eigenvalue weighted by molar-refractivity contribution is -0.147. The fraction of sp³-hybridized carbons (Fsp3) is 0.370. The number of benzene rings is 2. The van der Waals surface area contributed by atoms with Gasteiger partial charge in [0.1, 0.15) is 12.6 Å². The molecule has 1 aliphatic carbocycles. The third-order valence-corrected chi connectivity index (χ3v) is 6.66. The third-order valence-electron chi connectivity index (χ3n) is 6.66. The zero-order valence-corrected chi connectivity index (χ0v) is 19.3. The quantitative estimate of drug-likeness (QED) is 0.606. The Kier molecular flexibility index (Phi) is 7.01. The highest BCUT2D eigenvalue weighted by atomic mass is 16.5. The number of fused-ring (bicyclic) bond motifs is 3. The summed E-state index contributed by atoms with van der Waals surface area (Å²) in [5.74, 6) is -1.84. The summed E-state index contributed by atoms with van der Waals surface area (Å²) in [7, 11) is 0. The molecule has 1 fully saturated rings. The highest BCUT2D eigenvalue weighted by molar-refractivity contribution is 5.86. The molecule has 7 nitrogen and oxygen atoms in total. The summed E-state index contributed by atoms with van der Waals surface area (Å²) < 4.78 is 5.59. The van der Waals surface area contributed by atoms with Gasteiger partial charge < -0.3 is 20.1 Å². The number of alkyl carbamates (subject to hydrolysis) is 1. The number of aliphatic carboxylic acids is 1. The molecule has 0 saturated carbocycles. The number of amides is 2. The van der Waals surface area contributed by atoms with E-state index in [0.29, 0.717) is 13.0 Å². The zero-order valence-electron chi connectivity index (χ0n) is 19.3. The van der Waals surface area contributed by atoms with Crippen molar-refractivity contribution in [2.24, 2.45) is 11.8 Å². The fourth-order valence-corrected chi connectivity index (χ4v) is 5.10. The number of hydrogen-bond donors (Lipinski definition) is 2. The van der Waals surface area contributed by atoms with Crippen LogP contribution in [0.2, 0.25) is 0 Å². The molecular weight excluding hydrogens is 432 g/mol. The van der Waals surface area contributed by atoms with Gasteiger partial charge in [-0.2, -0.15) is 0 Å². The number of rotatable bonds is 7. The molecule has 7 heteroatoms. The fourth-order valence-electron chi connectivity index (χ4n) is 5.10. The van der Waals surface area contributed by atoms with E-state index in [1.165, 1.54) is 4.90 Å². The van der Waals surface area contributed by atoms with Gasteiger partial charge in [-0.15, -0.1) is 6.58 Å². The van der Waals surface area contributed by atoms with E-state index in [9.17, 15) is 19.5 Å². The number of likely N-dealkylation sites (tertiary alicyclic amines) is 1. The van der Waals surface area contributed by atoms with Crippen molar-refractivity contribution in [1.29, 1.82) is 0 Å². The van der Waals surface area contributed by atoms with Crippen LogP contribution >= 0.6 is 0 Å². The molecule has 2 N–H and O–H groups in total. The molecule has 0 radical (unpaired) electrons. The summed E-state index contributed by atoms with van der Waals surface area (Å²) in [6, 6.07) is 15.3. The minimum atomic E-state index is -0.908. The van der Waals surface area contributed by atoms with Crippen molar-refractivity contribution in [3.8, 4) is 11.1 Å². The van der Waals surface area contributed by atoms with Gasteiger partial charge in [-0.1, -0.05) is 61.5 Å². The average molecular weight is 463 g/mol. The van der Waals surface area contributed by atoms with Gasteiger partial charge in [0.2, 0.25) is 5.91 Å². The lowest BCUT2D eigenvalue weighted by Crippen LogP contribution is -2.53. The summed E-state index contributed by atoms with van der Waals surface area (Å²) in [5, 5.41) is 12.1. The number of carboxylic acid groups (broad SMARTS) is 1. The number of ether oxygens (including phenoxy) is 1. The molecule has 2 aliphatic rings. The van der Waals surface area contributed by atoms with Gasteiger partial charge in [-0.05, 0) is 41.0 Å². The van der Waals surface area contributed by atoms with E-state index >= 15 is 0 Å². The maximum absolute atomic E-state index is 13.1. The molecule has 1 aliphatic heterocycles. The van der Waals surface area contributed by atoms with E-state index in [0.717, 1.165) is 22.3 Å². The van der Waals surface area contributed by atoms with Crippen molar-refractivity contribution in [3.05, 3.63) is 72.3 Å². The van der Waals surface area contributed by atoms with E-state index in [2.05, 4.69) is 24.0 Å². The second kappa shape index (κ2) is 10.1. The Morgan fingerprint density at radius 3 is 2.32 bits per heavy atom. The summed E-state index contributed by atoms with van der Waals surface area (Å²) in [4.78, 5) is 38.9. The maximum atomic E-state index is 13.1. The molecule has 0 bridgehead atoms. The zero-order chi connectivity index (χ0) is 24.2. The molecular formula is C27H30N2O5. The Labute approximate surface area is 199 Å². The molecule has 2 amide bonds. The van der Waals surface area contributed by atoms with Crippen molar-refractivity contribution >= 4 is 18.0 Å². The van der Waals surface area contributed by atoms with Crippen molar-refractivity contribution < 1.29 is 24.2 Å². The molecule has 2 aromatic rings. The molecule has 3 unspecified atom stereocenters. The van der Waals surface area contributed by atoms with E-state index in [4.69, 9.17) is 4.74 Å². The van der Waals surface area contributed by atoms with Crippen LogP contribution in [0.1, 0.15) is 36.8 Å². The second-order valence-electron chi connectivity index (χ2n) is 9.17. The Hall–Kier alpha value is -3.61. The largest absolute Gasteiger partial charge is 0.481 e. The van der Waals surface area contributed by atoms with Crippen LogP contribution in [0.15, 0.2) is 61.2 Å². The lowest BCUT2D eigenvalue weighted by Gasteiger charge is -2.36. The molecule has 0 spiro atoms. The van der Waals surface area contributed by atoms with Crippen LogP contribution in [0, 0.1) is 11.8 Å². The first-order valence-electron chi connectivity index (χ1n) is 11.6. The van der Waals surface area contributed by atoms with Crippen LogP contribution in [0.4, 0.5) is 4.79 Å². The van der Waals surface area contributed by atoms with Crippen LogP contribution < -0.4 is 5.32 Å². The predicted octanol–water partition coefficient (Wildman–Crippen LogP) is 4.04. The number of piperidine rings is 1. The number of nitrogens with zero attached hydrogens (tertiary/aromatic N) is 1. The summed E-state index contributed by atoms with van der Waals surface area (Å²) in [6.07, 6.45) is 1.65. The average Bonchev–Trinajstić information content (AvgIpc) is 3.15.